The van der Waals surface area contributed by atoms with Crippen LogP contribution in [0.2, 0.25) is 0 Å². The molecule has 1 unspecified atom stereocenters. The molecule has 1 aliphatic heterocycles. The van der Waals surface area contributed by atoms with Gasteiger partial charge in [0, 0.05) is 11.3 Å². The summed E-state index contributed by atoms with van der Waals surface area (Å²) in [5.41, 5.74) is 1.29. The summed E-state index contributed by atoms with van der Waals surface area (Å²) >= 11 is 0. The third-order valence-corrected chi connectivity index (χ3v) is 5.98. The number of anilines is 1. The van der Waals surface area contributed by atoms with Crippen molar-refractivity contribution < 1.29 is 23.1 Å². The van der Waals surface area contributed by atoms with E-state index in [2.05, 4.69) is 0 Å². The van der Waals surface area contributed by atoms with Crippen LogP contribution in [0.3, 0.4) is 0 Å². The molecular weight excluding hydrogens is 416 g/mol. The number of amides is 1. The number of hydrogen-bond donors (Lipinski definition) is 2. The van der Waals surface area contributed by atoms with Crippen molar-refractivity contribution in [3.63, 3.8) is 0 Å². The molecular formula is C23H18N2O5S. The van der Waals surface area contributed by atoms with Crippen LogP contribution < -0.4 is 10.0 Å². The molecule has 1 amide bonds. The Morgan fingerprint density at radius 2 is 1.39 bits per heavy atom. The molecule has 3 aromatic carbocycles. The van der Waals surface area contributed by atoms with Gasteiger partial charge in [0.25, 0.3) is 11.7 Å². The van der Waals surface area contributed by atoms with Crippen LogP contribution in [0.25, 0.3) is 5.76 Å². The van der Waals surface area contributed by atoms with Gasteiger partial charge < -0.3 is 5.11 Å². The van der Waals surface area contributed by atoms with Crippen LogP contribution in [0.1, 0.15) is 17.2 Å². The molecule has 156 valence electrons. The second-order valence-corrected chi connectivity index (χ2v) is 8.55. The maximum atomic E-state index is 13.0. The number of aliphatic hydroxyl groups excluding tert-OH is 1. The van der Waals surface area contributed by atoms with E-state index in [0.29, 0.717) is 16.8 Å². The van der Waals surface area contributed by atoms with Crippen molar-refractivity contribution in [3.8, 4) is 0 Å². The molecule has 0 bridgehead atoms. The first-order chi connectivity index (χ1) is 14.8. The predicted octanol–water partition coefficient (Wildman–Crippen LogP) is 2.96. The topological polar surface area (TPSA) is 118 Å². The van der Waals surface area contributed by atoms with Crippen molar-refractivity contribution in [3.05, 3.63) is 102 Å². The number of aliphatic hydroxyl groups is 1. The van der Waals surface area contributed by atoms with Gasteiger partial charge in [-0.1, -0.05) is 60.7 Å². The van der Waals surface area contributed by atoms with E-state index in [1.54, 1.807) is 60.7 Å². The third kappa shape index (κ3) is 3.74. The lowest BCUT2D eigenvalue weighted by Crippen LogP contribution is -2.29. The molecule has 0 aliphatic carbocycles. The Hall–Kier alpha value is -3.75. The molecule has 4 rings (SSSR count). The van der Waals surface area contributed by atoms with Crippen LogP contribution in [-0.2, 0) is 19.6 Å². The van der Waals surface area contributed by atoms with Gasteiger partial charge in [-0.2, -0.15) is 0 Å². The summed E-state index contributed by atoms with van der Waals surface area (Å²) in [7, 11) is -3.91. The first kappa shape index (κ1) is 20.5. The van der Waals surface area contributed by atoms with Gasteiger partial charge in [-0.3, -0.25) is 14.5 Å². The summed E-state index contributed by atoms with van der Waals surface area (Å²) in [6.45, 7) is 0. The quantitative estimate of drug-likeness (QED) is 0.372. The van der Waals surface area contributed by atoms with Gasteiger partial charge in [-0.05, 0) is 29.8 Å². The highest BCUT2D eigenvalue weighted by Gasteiger charge is 2.46. The van der Waals surface area contributed by atoms with Gasteiger partial charge in [0.1, 0.15) is 5.76 Å². The van der Waals surface area contributed by atoms with Crippen LogP contribution in [0.5, 0.6) is 0 Å². The molecule has 3 N–H and O–H groups in total. The minimum atomic E-state index is -3.91. The summed E-state index contributed by atoms with van der Waals surface area (Å²) in [6.07, 6.45) is 0. The average Bonchev–Trinajstić information content (AvgIpc) is 3.04. The predicted molar refractivity (Wildman–Crippen MR) is 115 cm³/mol. The fraction of sp³-hybridized carbons (Fsp3) is 0.0435. The lowest BCUT2D eigenvalue weighted by atomic mass is 9.95. The van der Waals surface area contributed by atoms with Gasteiger partial charge >= 0.3 is 0 Å². The van der Waals surface area contributed by atoms with Crippen LogP contribution in [0.4, 0.5) is 5.69 Å². The fourth-order valence-corrected chi connectivity index (χ4v) is 4.11. The van der Waals surface area contributed by atoms with E-state index in [-0.39, 0.29) is 16.2 Å². The minimum Gasteiger partial charge on any atom is -0.507 e. The first-order valence-electron chi connectivity index (χ1n) is 9.33. The van der Waals surface area contributed by atoms with Crippen LogP contribution >= 0.6 is 0 Å². The van der Waals surface area contributed by atoms with E-state index < -0.39 is 27.8 Å². The van der Waals surface area contributed by atoms with E-state index >= 15 is 0 Å². The second-order valence-electron chi connectivity index (χ2n) is 6.98. The highest BCUT2D eigenvalue weighted by atomic mass is 32.2. The summed E-state index contributed by atoms with van der Waals surface area (Å²) in [4.78, 5) is 27.1. The van der Waals surface area contributed by atoms with Gasteiger partial charge in [0.15, 0.2) is 0 Å². The lowest BCUT2D eigenvalue weighted by Gasteiger charge is -2.25. The Labute approximate surface area is 179 Å². The highest BCUT2D eigenvalue weighted by molar-refractivity contribution is 7.89. The maximum absolute atomic E-state index is 13.0. The van der Waals surface area contributed by atoms with Crippen molar-refractivity contribution in [1.82, 2.24) is 0 Å². The van der Waals surface area contributed by atoms with Crippen molar-refractivity contribution in [2.75, 3.05) is 4.90 Å². The Morgan fingerprint density at radius 3 is 1.94 bits per heavy atom. The SMILES string of the molecule is NS(=O)(=O)c1ccc(N2C(=O)C(=O)C(=C(O)c3ccccc3)C2c2ccccc2)cc1. The normalized spacial score (nSPS) is 18.4. The fourth-order valence-electron chi connectivity index (χ4n) is 3.60. The third-order valence-electron chi connectivity index (χ3n) is 5.05. The van der Waals surface area contributed by atoms with E-state index in [4.69, 9.17) is 5.14 Å². The number of ketones is 1. The zero-order valence-electron chi connectivity index (χ0n) is 16.2. The highest BCUT2D eigenvalue weighted by Crippen LogP contribution is 2.42. The van der Waals surface area contributed by atoms with Crippen molar-refractivity contribution in [2.24, 2.45) is 5.14 Å². The molecule has 1 fully saturated rings. The molecule has 1 atom stereocenters. The number of hydrogen-bond acceptors (Lipinski definition) is 5. The average molecular weight is 434 g/mol. The molecule has 1 saturated heterocycles. The number of Topliss-reactive ketones (excluding diaryl/α,β-unsaturated/α-hetero) is 1. The number of carbonyl (C=O) groups excluding carboxylic acids is 2. The zero-order valence-corrected chi connectivity index (χ0v) is 17.0. The van der Waals surface area contributed by atoms with Crippen LogP contribution in [0.15, 0.2) is 95.4 Å². The largest absolute Gasteiger partial charge is 0.507 e. The number of rotatable bonds is 4. The number of primary sulfonamides is 1. The Morgan fingerprint density at radius 1 is 0.839 bits per heavy atom. The number of nitrogens with two attached hydrogens (primary N) is 1. The minimum absolute atomic E-state index is 0.0436. The van der Waals surface area contributed by atoms with Gasteiger partial charge in [0.2, 0.25) is 10.0 Å². The standard InChI is InChI=1S/C23H18N2O5S/c24-31(29,30)18-13-11-17(12-14-18)25-20(15-7-3-1-4-8-15)19(22(27)23(25)28)21(26)16-9-5-2-6-10-16/h1-14,20,26H,(H2,24,29,30). The van der Waals surface area contributed by atoms with Gasteiger partial charge in [0.05, 0.1) is 16.5 Å². The van der Waals surface area contributed by atoms with E-state index in [1.807, 2.05) is 0 Å². The number of sulfonamides is 1. The van der Waals surface area contributed by atoms with E-state index in [9.17, 15) is 23.1 Å². The summed E-state index contributed by atoms with van der Waals surface area (Å²) in [6, 6.07) is 21.8. The van der Waals surface area contributed by atoms with E-state index in [1.165, 1.54) is 29.2 Å². The number of benzene rings is 3. The molecule has 0 saturated carbocycles. The summed E-state index contributed by atoms with van der Waals surface area (Å²) < 4.78 is 23.1. The van der Waals surface area contributed by atoms with E-state index in [0.717, 1.165) is 0 Å². The zero-order chi connectivity index (χ0) is 22.2. The number of nitrogens with zero attached hydrogens (tertiary/aromatic N) is 1. The maximum Gasteiger partial charge on any atom is 0.300 e. The molecule has 3 aromatic rings. The monoisotopic (exact) mass is 434 g/mol. The number of carbonyl (C=O) groups is 2. The molecule has 0 radical (unpaired) electrons. The molecule has 0 aromatic heterocycles. The Kier molecular flexibility index (Phi) is 5.18. The summed E-state index contributed by atoms with van der Waals surface area (Å²) in [5, 5.41) is 16.1. The molecule has 1 aliphatic rings. The lowest BCUT2D eigenvalue weighted by molar-refractivity contribution is -0.132. The smallest absolute Gasteiger partial charge is 0.300 e. The second kappa shape index (κ2) is 7.82. The molecule has 7 nitrogen and oxygen atoms in total. The Balaban J connectivity index is 1.91. The van der Waals surface area contributed by atoms with Gasteiger partial charge in [-0.25, -0.2) is 13.6 Å². The van der Waals surface area contributed by atoms with Crippen LogP contribution in [-0.4, -0.2) is 25.2 Å². The summed E-state index contributed by atoms with van der Waals surface area (Å²) in [5.74, 6) is -1.93. The molecule has 0 spiro atoms. The molecule has 31 heavy (non-hydrogen) atoms. The van der Waals surface area contributed by atoms with Gasteiger partial charge in [-0.15, -0.1) is 0 Å². The van der Waals surface area contributed by atoms with Crippen molar-refractivity contribution >= 4 is 33.2 Å². The first-order valence-corrected chi connectivity index (χ1v) is 10.9. The Bertz CT molecular complexity index is 1280. The van der Waals surface area contributed by atoms with Crippen LogP contribution in [0, 0.1) is 0 Å². The molecule has 8 heteroatoms. The van der Waals surface area contributed by atoms with Crippen molar-refractivity contribution in [2.45, 2.75) is 10.9 Å². The van der Waals surface area contributed by atoms with Crippen molar-refractivity contribution in [1.29, 1.82) is 0 Å². The molecule has 1 heterocycles.